The lowest BCUT2D eigenvalue weighted by molar-refractivity contribution is 0.102. The molecule has 0 saturated heterocycles. The Bertz CT molecular complexity index is 888. The highest BCUT2D eigenvalue weighted by atomic mass is 32.1. The summed E-state index contributed by atoms with van der Waals surface area (Å²) in [6, 6.07) is 6.75. The molecule has 0 radical (unpaired) electrons. The van der Waals surface area contributed by atoms with Gasteiger partial charge >= 0.3 is 0 Å². The van der Waals surface area contributed by atoms with Crippen LogP contribution >= 0.6 is 11.3 Å². The summed E-state index contributed by atoms with van der Waals surface area (Å²) in [7, 11) is 2.97. The molecular weight excluding hydrogens is 338 g/mol. The smallest absolute Gasteiger partial charge is 0.257 e. The molecule has 3 rings (SSSR count). The molecule has 0 aliphatic carbocycles. The van der Waals surface area contributed by atoms with E-state index in [0.717, 1.165) is 23.5 Å². The molecule has 0 saturated carbocycles. The Balaban J connectivity index is 1.87. The van der Waals surface area contributed by atoms with Gasteiger partial charge in [0.2, 0.25) is 0 Å². The second-order valence-electron chi connectivity index (χ2n) is 4.78. The Morgan fingerprint density at radius 1 is 1.08 bits per heavy atom. The molecule has 0 aliphatic heterocycles. The summed E-state index contributed by atoms with van der Waals surface area (Å²) in [5, 5.41) is 2.85. The summed E-state index contributed by atoms with van der Waals surface area (Å²) >= 11 is 1.06. The number of halogens is 2. The van der Waals surface area contributed by atoms with Gasteiger partial charge < -0.3 is 9.47 Å². The van der Waals surface area contributed by atoms with Crippen molar-refractivity contribution in [3.63, 3.8) is 0 Å². The Labute approximate surface area is 139 Å². The standard InChI is InChI=1S/C16H12F2N2O3S/c1-22-12-4-3-8(5-13(12)23-2)15(21)20-16-19-11-6-9(17)10(18)7-14(11)24-16/h3-7H,1-2H3,(H,19,20,21). The Morgan fingerprint density at radius 2 is 1.79 bits per heavy atom. The molecule has 1 heterocycles. The van der Waals surface area contributed by atoms with Crippen molar-refractivity contribution < 1.29 is 23.0 Å². The molecule has 3 aromatic rings. The number of rotatable bonds is 4. The van der Waals surface area contributed by atoms with Crippen LogP contribution in [0.5, 0.6) is 11.5 Å². The number of hydrogen-bond acceptors (Lipinski definition) is 5. The van der Waals surface area contributed by atoms with Gasteiger partial charge in [0.15, 0.2) is 28.3 Å². The van der Waals surface area contributed by atoms with Crippen molar-refractivity contribution in [2.75, 3.05) is 19.5 Å². The zero-order valence-corrected chi connectivity index (χ0v) is 13.5. The third-order valence-corrected chi connectivity index (χ3v) is 4.23. The van der Waals surface area contributed by atoms with Crippen LogP contribution in [0.15, 0.2) is 30.3 Å². The number of fused-ring (bicyclic) bond motifs is 1. The summed E-state index contributed by atoms with van der Waals surface area (Å²) in [4.78, 5) is 16.4. The maximum atomic E-state index is 13.2. The molecule has 1 amide bonds. The van der Waals surface area contributed by atoms with Crippen molar-refractivity contribution >= 4 is 32.6 Å². The Kier molecular flexibility index (Phi) is 4.30. The van der Waals surface area contributed by atoms with E-state index in [9.17, 15) is 13.6 Å². The van der Waals surface area contributed by atoms with Crippen molar-refractivity contribution in [3.05, 3.63) is 47.5 Å². The van der Waals surface area contributed by atoms with Crippen molar-refractivity contribution in [1.29, 1.82) is 0 Å². The second-order valence-corrected chi connectivity index (χ2v) is 5.81. The number of benzene rings is 2. The van der Waals surface area contributed by atoms with Crippen molar-refractivity contribution in [2.45, 2.75) is 0 Å². The average molecular weight is 350 g/mol. The van der Waals surface area contributed by atoms with Crippen LogP contribution in [-0.2, 0) is 0 Å². The third-order valence-electron chi connectivity index (χ3n) is 3.30. The van der Waals surface area contributed by atoms with Gasteiger partial charge in [-0.15, -0.1) is 0 Å². The topological polar surface area (TPSA) is 60.5 Å². The average Bonchev–Trinajstić information content (AvgIpc) is 2.95. The summed E-state index contributed by atoms with van der Waals surface area (Å²) in [5.74, 6) is -1.44. The zero-order chi connectivity index (χ0) is 17.3. The number of aromatic nitrogens is 1. The summed E-state index contributed by atoms with van der Waals surface area (Å²) in [6.07, 6.45) is 0. The first-order valence-corrected chi connectivity index (χ1v) is 7.62. The molecule has 2 aromatic carbocycles. The SMILES string of the molecule is COc1ccc(C(=O)Nc2nc3cc(F)c(F)cc3s2)cc1OC. The molecular formula is C16H12F2N2O3S. The van der Waals surface area contributed by atoms with Crippen LogP contribution in [0.25, 0.3) is 10.2 Å². The zero-order valence-electron chi connectivity index (χ0n) is 12.7. The van der Waals surface area contributed by atoms with Crippen LogP contribution in [0.2, 0.25) is 0 Å². The number of nitrogens with one attached hydrogen (secondary N) is 1. The van der Waals surface area contributed by atoms with Gasteiger partial charge in [-0.05, 0) is 24.3 Å². The van der Waals surface area contributed by atoms with Gasteiger partial charge in [0.1, 0.15) is 0 Å². The highest BCUT2D eigenvalue weighted by molar-refractivity contribution is 7.22. The maximum Gasteiger partial charge on any atom is 0.257 e. The van der Waals surface area contributed by atoms with Gasteiger partial charge in [0.05, 0.1) is 24.4 Å². The van der Waals surface area contributed by atoms with E-state index in [2.05, 4.69) is 10.3 Å². The van der Waals surface area contributed by atoms with E-state index in [-0.39, 0.29) is 10.6 Å². The fourth-order valence-electron chi connectivity index (χ4n) is 2.12. The highest BCUT2D eigenvalue weighted by Crippen LogP contribution is 2.30. The van der Waals surface area contributed by atoms with Crippen molar-refractivity contribution in [2.24, 2.45) is 0 Å². The van der Waals surface area contributed by atoms with Crippen molar-refractivity contribution in [1.82, 2.24) is 4.98 Å². The van der Waals surface area contributed by atoms with E-state index >= 15 is 0 Å². The molecule has 0 spiro atoms. The normalized spacial score (nSPS) is 10.7. The maximum absolute atomic E-state index is 13.2. The number of nitrogens with zero attached hydrogens (tertiary/aromatic N) is 1. The number of anilines is 1. The number of amides is 1. The fourth-order valence-corrected chi connectivity index (χ4v) is 2.99. The first kappa shape index (κ1) is 16.1. The quantitative estimate of drug-likeness (QED) is 0.777. The predicted molar refractivity (Wildman–Crippen MR) is 87.0 cm³/mol. The molecule has 0 bridgehead atoms. The predicted octanol–water partition coefficient (Wildman–Crippen LogP) is 3.84. The largest absolute Gasteiger partial charge is 0.493 e. The summed E-state index contributed by atoms with van der Waals surface area (Å²) < 4.78 is 37.2. The highest BCUT2D eigenvalue weighted by Gasteiger charge is 2.14. The fraction of sp³-hybridized carbons (Fsp3) is 0.125. The summed E-state index contributed by atoms with van der Waals surface area (Å²) in [6.45, 7) is 0. The van der Waals surface area contributed by atoms with Crippen molar-refractivity contribution in [3.8, 4) is 11.5 Å². The monoisotopic (exact) mass is 350 g/mol. The molecule has 0 aliphatic rings. The van der Waals surface area contributed by atoms with E-state index in [1.165, 1.54) is 20.3 Å². The van der Waals surface area contributed by atoms with Crippen LogP contribution in [0.4, 0.5) is 13.9 Å². The summed E-state index contributed by atoms with van der Waals surface area (Å²) in [5.41, 5.74) is 0.616. The van der Waals surface area contributed by atoms with Gasteiger partial charge in [-0.3, -0.25) is 10.1 Å². The number of hydrogen-bond donors (Lipinski definition) is 1. The second kappa shape index (κ2) is 6.40. The van der Waals surface area contributed by atoms with E-state index in [1.807, 2.05) is 0 Å². The molecule has 0 fully saturated rings. The lowest BCUT2D eigenvalue weighted by Gasteiger charge is -2.09. The van der Waals surface area contributed by atoms with Gasteiger partial charge in [-0.2, -0.15) is 0 Å². The van der Waals surface area contributed by atoms with Crippen LogP contribution in [0.3, 0.4) is 0 Å². The van der Waals surface area contributed by atoms with Gasteiger partial charge in [-0.25, -0.2) is 13.8 Å². The van der Waals surface area contributed by atoms with Gasteiger partial charge in [0, 0.05) is 11.6 Å². The molecule has 124 valence electrons. The first-order valence-electron chi connectivity index (χ1n) is 6.81. The number of carbonyl (C=O) groups is 1. The molecule has 24 heavy (non-hydrogen) atoms. The van der Waals surface area contributed by atoms with E-state index in [4.69, 9.17) is 9.47 Å². The van der Waals surface area contributed by atoms with Crippen LogP contribution in [-0.4, -0.2) is 25.1 Å². The molecule has 8 heteroatoms. The lowest BCUT2D eigenvalue weighted by atomic mass is 10.2. The minimum Gasteiger partial charge on any atom is -0.493 e. The number of ether oxygens (including phenoxy) is 2. The molecule has 1 N–H and O–H groups in total. The van der Waals surface area contributed by atoms with E-state index < -0.39 is 17.5 Å². The van der Waals surface area contributed by atoms with E-state index in [0.29, 0.717) is 21.8 Å². The van der Waals surface area contributed by atoms with Crippen LogP contribution in [0, 0.1) is 11.6 Å². The number of methoxy groups -OCH3 is 2. The Morgan fingerprint density at radius 3 is 2.50 bits per heavy atom. The Hall–Kier alpha value is -2.74. The van der Waals surface area contributed by atoms with Crippen LogP contribution < -0.4 is 14.8 Å². The minimum absolute atomic E-state index is 0.245. The number of carbonyl (C=O) groups excluding carboxylic acids is 1. The van der Waals surface area contributed by atoms with Crippen LogP contribution in [0.1, 0.15) is 10.4 Å². The molecule has 0 unspecified atom stereocenters. The van der Waals surface area contributed by atoms with Gasteiger partial charge in [-0.1, -0.05) is 11.3 Å². The number of thiazole rings is 1. The van der Waals surface area contributed by atoms with E-state index in [1.54, 1.807) is 12.1 Å². The minimum atomic E-state index is -0.981. The lowest BCUT2D eigenvalue weighted by Crippen LogP contribution is -2.11. The van der Waals surface area contributed by atoms with Gasteiger partial charge in [0.25, 0.3) is 5.91 Å². The molecule has 1 aromatic heterocycles. The third kappa shape index (κ3) is 3.00. The molecule has 5 nitrogen and oxygen atoms in total. The molecule has 0 atom stereocenters. The first-order chi connectivity index (χ1) is 11.5.